The van der Waals surface area contributed by atoms with Crippen molar-refractivity contribution in [1.29, 1.82) is 0 Å². The lowest BCUT2D eigenvalue weighted by atomic mass is 10.1. The van der Waals surface area contributed by atoms with Crippen molar-refractivity contribution in [3.05, 3.63) is 59.2 Å². The molecular formula is C20H19F3N2O3. The van der Waals surface area contributed by atoms with E-state index in [-0.39, 0.29) is 17.7 Å². The number of carbonyl (C=O) groups is 1. The number of carbonyl (C=O) groups excluding carboxylic acids is 1. The van der Waals surface area contributed by atoms with Crippen LogP contribution in [0.15, 0.2) is 47.6 Å². The summed E-state index contributed by atoms with van der Waals surface area (Å²) in [4.78, 5) is 12.2. The van der Waals surface area contributed by atoms with Gasteiger partial charge in [0.15, 0.2) is 11.5 Å². The van der Waals surface area contributed by atoms with Crippen molar-refractivity contribution in [2.45, 2.75) is 18.5 Å². The van der Waals surface area contributed by atoms with Crippen molar-refractivity contribution in [3.63, 3.8) is 0 Å². The second-order valence-electron chi connectivity index (χ2n) is 6.42. The maximum absolute atomic E-state index is 12.8. The van der Waals surface area contributed by atoms with Crippen LogP contribution in [0.3, 0.4) is 0 Å². The van der Waals surface area contributed by atoms with Gasteiger partial charge in [-0.25, -0.2) is 5.43 Å². The van der Waals surface area contributed by atoms with E-state index in [0.717, 1.165) is 12.1 Å². The third kappa shape index (κ3) is 4.44. The van der Waals surface area contributed by atoms with Crippen molar-refractivity contribution in [2.24, 2.45) is 11.0 Å². The molecule has 0 heterocycles. The molecule has 1 amide bonds. The van der Waals surface area contributed by atoms with Crippen molar-refractivity contribution in [3.8, 4) is 11.5 Å². The van der Waals surface area contributed by atoms with Crippen LogP contribution < -0.4 is 14.9 Å². The molecule has 5 nitrogen and oxygen atoms in total. The van der Waals surface area contributed by atoms with Gasteiger partial charge in [-0.3, -0.25) is 4.79 Å². The van der Waals surface area contributed by atoms with E-state index in [4.69, 9.17) is 9.47 Å². The molecule has 0 radical (unpaired) electrons. The smallest absolute Gasteiger partial charge is 0.416 e. The minimum Gasteiger partial charge on any atom is -0.493 e. The molecule has 0 aromatic heterocycles. The van der Waals surface area contributed by atoms with Gasteiger partial charge >= 0.3 is 6.18 Å². The fraction of sp³-hybridized carbons (Fsp3) is 0.300. The number of hydrazone groups is 1. The number of alkyl halides is 3. The number of ether oxygens (including phenoxy) is 2. The zero-order valence-corrected chi connectivity index (χ0v) is 15.3. The second-order valence-corrected chi connectivity index (χ2v) is 6.42. The monoisotopic (exact) mass is 392 g/mol. The summed E-state index contributed by atoms with van der Waals surface area (Å²) in [6, 6.07) is 10.3. The molecule has 8 heteroatoms. The van der Waals surface area contributed by atoms with Gasteiger partial charge in [0.1, 0.15) is 0 Å². The lowest BCUT2D eigenvalue weighted by Gasteiger charge is -2.08. The molecule has 0 aliphatic heterocycles. The average molecular weight is 392 g/mol. The number of hydrogen-bond acceptors (Lipinski definition) is 4. The van der Waals surface area contributed by atoms with Crippen LogP contribution in [-0.2, 0) is 11.0 Å². The van der Waals surface area contributed by atoms with E-state index < -0.39 is 11.7 Å². The molecule has 0 saturated heterocycles. The number of amides is 1. The van der Waals surface area contributed by atoms with Gasteiger partial charge in [-0.15, -0.1) is 0 Å². The molecule has 1 aliphatic carbocycles. The van der Waals surface area contributed by atoms with Crippen LogP contribution in [0.2, 0.25) is 0 Å². The predicted molar refractivity (Wildman–Crippen MR) is 97.6 cm³/mol. The van der Waals surface area contributed by atoms with E-state index in [1.165, 1.54) is 26.5 Å². The Hall–Kier alpha value is -3.03. The summed E-state index contributed by atoms with van der Waals surface area (Å²) < 4.78 is 48.8. The number of halogens is 3. The summed E-state index contributed by atoms with van der Waals surface area (Å²) >= 11 is 0. The molecule has 0 spiro atoms. The summed E-state index contributed by atoms with van der Waals surface area (Å²) in [5, 5.41) is 3.92. The molecule has 2 aromatic carbocycles. The topological polar surface area (TPSA) is 59.9 Å². The SMILES string of the molecule is COc1ccc(C=NNC(=O)[C@@H]2C[C@H]2c2cccc(C(F)(F)F)c2)cc1OC. The molecule has 1 N–H and O–H groups in total. The van der Waals surface area contributed by atoms with E-state index >= 15 is 0 Å². The molecule has 0 unspecified atom stereocenters. The van der Waals surface area contributed by atoms with Crippen LogP contribution in [-0.4, -0.2) is 26.3 Å². The Morgan fingerprint density at radius 2 is 1.89 bits per heavy atom. The fourth-order valence-corrected chi connectivity index (χ4v) is 2.99. The highest BCUT2D eigenvalue weighted by atomic mass is 19.4. The molecule has 2 aromatic rings. The fourth-order valence-electron chi connectivity index (χ4n) is 2.99. The Kier molecular flexibility index (Phi) is 5.58. The number of nitrogens with zero attached hydrogens (tertiary/aromatic N) is 1. The van der Waals surface area contributed by atoms with Gasteiger partial charge in [-0.2, -0.15) is 18.3 Å². The Morgan fingerprint density at radius 3 is 2.57 bits per heavy atom. The van der Waals surface area contributed by atoms with Crippen LogP contribution >= 0.6 is 0 Å². The minimum absolute atomic E-state index is 0.224. The van der Waals surface area contributed by atoms with Crippen molar-refractivity contribution < 1.29 is 27.4 Å². The largest absolute Gasteiger partial charge is 0.493 e. The molecular weight excluding hydrogens is 373 g/mol. The van der Waals surface area contributed by atoms with E-state index in [9.17, 15) is 18.0 Å². The Morgan fingerprint density at radius 1 is 1.14 bits per heavy atom. The number of methoxy groups -OCH3 is 2. The summed E-state index contributed by atoms with van der Waals surface area (Å²) in [6.45, 7) is 0. The maximum atomic E-state index is 12.8. The number of hydrogen-bond donors (Lipinski definition) is 1. The number of nitrogens with one attached hydrogen (secondary N) is 1. The first-order chi connectivity index (χ1) is 13.3. The van der Waals surface area contributed by atoms with E-state index in [1.54, 1.807) is 24.3 Å². The highest BCUT2D eigenvalue weighted by molar-refractivity contribution is 5.86. The normalized spacial score (nSPS) is 18.8. The first kappa shape index (κ1) is 19.7. The summed E-state index contributed by atoms with van der Waals surface area (Å²) in [7, 11) is 3.05. The third-order valence-corrected chi connectivity index (χ3v) is 4.57. The summed E-state index contributed by atoms with van der Waals surface area (Å²) in [6.07, 6.45) is -2.44. The summed E-state index contributed by atoms with van der Waals surface area (Å²) in [5.41, 5.74) is 2.94. The lowest BCUT2D eigenvalue weighted by molar-refractivity contribution is -0.137. The first-order valence-electron chi connectivity index (χ1n) is 8.55. The molecule has 0 bridgehead atoms. The third-order valence-electron chi connectivity index (χ3n) is 4.57. The van der Waals surface area contributed by atoms with E-state index in [1.807, 2.05) is 0 Å². The van der Waals surface area contributed by atoms with Gasteiger partial charge < -0.3 is 9.47 Å². The lowest BCUT2D eigenvalue weighted by Crippen LogP contribution is -2.20. The molecule has 28 heavy (non-hydrogen) atoms. The number of rotatable bonds is 6. The zero-order valence-electron chi connectivity index (χ0n) is 15.3. The highest BCUT2D eigenvalue weighted by Crippen LogP contribution is 2.48. The average Bonchev–Trinajstić information content (AvgIpc) is 3.48. The Bertz CT molecular complexity index is 897. The van der Waals surface area contributed by atoms with Crippen molar-refractivity contribution in [2.75, 3.05) is 14.2 Å². The van der Waals surface area contributed by atoms with Gasteiger partial charge in [0.25, 0.3) is 0 Å². The second kappa shape index (κ2) is 7.92. The first-order valence-corrected chi connectivity index (χ1v) is 8.55. The van der Waals surface area contributed by atoms with E-state index in [0.29, 0.717) is 29.0 Å². The Balaban J connectivity index is 1.59. The standard InChI is InChI=1S/C20H19F3N2O3/c1-27-17-7-6-12(8-18(17)28-2)11-24-25-19(26)16-10-15(16)13-4-3-5-14(9-13)20(21,22)23/h3-9,11,15-16H,10H2,1-2H3,(H,25,26)/t15-,16+/m0/s1. The zero-order chi connectivity index (χ0) is 20.3. The van der Waals surface area contributed by atoms with Gasteiger partial charge in [-0.1, -0.05) is 18.2 Å². The molecule has 3 rings (SSSR count). The van der Waals surface area contributed by atoms with E-state index in [2.05, 4.69) is 10.5 Å². The van der Waals surface area contributed by atoms with Crippen LogP contribution in [0.5, 0.6) is 11.5 Å². The van der Waals surface area contributed by atoms with Crippen molar-refractivity contribution >= 4 is 12.1 Å². The van der Waals surface area contributed by atoms with Gasteiger partial charge in [0.05, 0.1) is 26.0 Å². The van der Waals surface area contributed by atoms with Gasteiger partial charge in [-0.05, 0) is 47.7 Å². The minimum atomic E-state index is -4.40. The molecule has 2 atom stereocenters. The predicted octanol–water partition coefficient (Wildman–Crippen LogP) is 3.98. The van der Waals surface area contributed by atoms with Crippen LogP contribution in [0, 0.1) is 5.92 Å². The quantitative estimate of drug-likeness (QED) is 0.598. The van der Waals surface area contributed by atoms with Crippen molar-refractivity contribution in [1.82, 2.24) is 5.43 Å². The maximum Gasteiger partial charge on any atom is 0.416 e. The van der Waals surface area contributed by atoms with Gasteiger partial charge in [0.2, 0.25) is 5.91 Å². The molecule has 1 fully saturated rings. The van der Waals surface area contributed by atoms with Crippen LogP contribution in [0.4, 0.5) is 13.2 Å². The highest BCUT2D eigenvalue weighted by Gasteiger charge is 2.44. The molecule has 1 saturated carbocycles. The molecule has 1 aliphatic rings. The molecule has 148 valence electrons. The van der Waals surface area contributed by atoms with Crippen LogP contribution in [0.1, 0.15) is 29.0 Å². The van der Waals surface area contributed by atoms with Gasteiger partial charge in [0, 0.05) is 5.92 Å². The summed E-state index contributed by atoms with van der Waals surface area (Å²) in [5.74, 6) is 0.180. The number of benzene rings is 2. The van der Waals surface area contributed by atoms with Crippen LogP contribution in [0.25, 0.3) is 0 Å². The Labute approximate surface area is 160 Å².